The van der Waals surface area contributed by atoms with Gasteiger partial charge in [0.05, 0.1) is 6.61 Å². The molecule has 2 heterocycles. The largest absolute Gasteiger partial charge is 0.457 e. The lowest BCUT2D eigenvalue weighted by Crippen LogP contribution is -2.22. The fourth-order valence-electron chi connectivity index (χ4n) is 4.35. The molecule has 0 radical (unpaired) electrons. The van der Waals surface area contributed by atoms with Crippen LogP contribution in [0.3, 0.4) is 0 Å². The molecule has 2 aromatic rings. The molecule has 0 bridgehead atoms. The lowest BCUT2D eigenvalue weighted by atomic mass is 9.93. The third-order valence-corrected chi connectivity index (χ3v) is 6.07. The second-order valence-corrected chi connectivity index (χ2v) is 8.12. The van der Waals surface area contributed by atoms with Gasteiger partial charge in [-0.15, -0.1) is 0 Å². The molecular formula is C25H31NO4. The number of nitrogens with zero attached hydrogens (tertiary/aromatic N) is 1. The average molecular weight is 410 g/mol. The van der Waals surface area contributed by atoms with Crippen LogP contribution in [0.4, 0.5) is 0 Å². The third kappa shape index (κ3) is 5.02. The molecule has 2 unspecified atom stereocenters. The summed E-state index contributed by atoms with van der Waals surface area (Å²) in [4.78, 5) is 13.0. The first-order valence-electron chi connectivity index (χ1n) is 11.1. The van der Waals surface area contributed by atoms with Crippen LogP contribution in [-0.2, 0) is 27.3 Å². The highest BCUT2D eigenvalue weighted by molar-refractivity contribution is 5.49. The number of rotatable bonds is 8. The number of ether oxygens (including phenoxy) is 3. The third-order valence-electron chi connectivity index (χ3n) is 6.07. The molecule has 2 fully saturated rings. The Morgan fingerprint density at radius 1 is 1.13 bits per heavy atom. The quantitative estimate of drug-likeness (QED) is 0.574. The number of hydrogen-bond donors (Lipinski definition) is 0. The first kappa shape index (κ1) is 20.9. The fraction of sp³-hybridized carbons (Fsp3) is 0.480. The molecule has 4 rings (SSSR count). The van der Waals surface area contributed by atoms with Crippen molar-refractivity contribution in [1.82, 2.24) is 4.90 Å². The van der Waals surface area contributed by atoms with Crippen molar-refractivity contribution in [3.05, 3.63) is 59.2 Å². The molecule has 0 spiro atoms. The first-order valence-corrected chi connectivity index (χ1v) is 11.1. The number of likely N-dealkylation sites (tertiary alicyclic amines) is 1. The van der Waals surface area contributed by atoms with Gasteiger partial charge in [-0.25, -0.2) is 0 Å². The van der Waals surface area contributed by atoms with Crippen LogP contribution in [-0.4, -0.2) is 37.3 Å². The van der Waals surface area contributed by atoms with Crippen LogP contribution in [0, 0.1) is 0 Å². The van der Waals surface area contributed by atoms with Crippen molar-refractivity contribution < 1.29 is 19.0 Å². The minimum absolute atomic E-state index is 0.132. The first-order chi connectivity index (χ1) is 14.8. The zero-order chi connectivity index (χ0) is 20.8. The molecule has 0 N–H and O–H groups in total. The second-order valence-electron chi connectivity index (χ2n) is 8.12. The van der Waals surface area contributed by atoms with Crippen molar-refractivity contribution in [3.8, 4) is 11.5 Å². The Bertz CT molecular complexity index is 847. The summed E-state index contributed by atoms with van der Waals surface area (Å²) in [5.41, 5.74) is 3.55. The minimum atomic E-state index is -0.132. The van der Waals surface area contributed by atoms with E-state index in [1.165, 1.54) is 11.1 Å². The monoisotopic (exact) mass is 409 g/mol. The van der Waals surface area contributed by atoms with E-state index < -0.39 is 0 Å². The molecule has 2 aliphatic rings. The van der Waals surface area contributed by atoms with Crippen molar-refractivity contribution in [3.63, 3.8) is 0 Å². The van der Waals surface area contributed by atoms with Gasteiger partial charge in [-0.05, 0) is 67.0 Å². The maximum Gasteiger partial charge on any atom is 0.209 e. The van der Waals surface area contributed by atoms with E-state index in [0.29, 0.717) is 12.5 Å². The Balaban J connectivity index is 1.55. The zero-order valence-electron chi connectivity index (χ0n) is 17.7. The van der Waals surface area contributed by atoms with Gasteiger partial charge in [0.2, 0.25) is 6.41 Å². The van der Waals surface area contributed by atoms with Gasteiger partial charge in [-0.2, -0.15) is 0 Å². The predicted octanol–water partition coefficient (Wildman–Crippen LogP) is 5.03. The molecule has 2 saturated heterocycles. The van der Waals surface area contributed by atoms with Crippen LogP contribution in [0.15, 0.2) is 42.5 Å². The van der Waals surface area contributed by atoms with Crippen LogP contribution in [0.2, 0.25) is 0 Å². The van der Waals surface area contributed by atoms with E-state index >= 15 is 0 Å². The van der Waals surface area contributed by atoms with E-state index in [9.17, 15) is 4.79 Å². The van der Waals surface area contributed by atoms with Gasteiger partial charge in [0, 0.05) is 25.6 Å². The highest BCUT2D eigenvalue weighted by atomic mass is 16.7. The van der Waals surface area contributed by atoms with E-state index in [2.05, 4.69) is 25.1 Å². The van der Waals surface area contributed by atoms with Crippen molar-refractivity contribution in [2.75, 3.05) is 19.7 Å². The Kier molecular flexibility index (Phi) is 7.03. The summed E-state index contributed by atoms with van der Waals surface area (Å²) < 4.78 is 18.1. The second kappa shape index (κ2) is 10.1. The number of para-hydroxylation sites is 1. The molecular weight excluding hydrogens is 378 g/mol. The summed E-state index contributed by atoms with van der Waals surface area (Å²) in [5.74, 6) is 2.04. The summed E-state index contributed by atoms with van der Waals surface area (Å²) in [6.45, 7) is 4.96. The normalized spacial score (nSPS) is 21.6. The van der Waals surface area contributed by atoms with Gasteiger partial charge in [0.15, 0.2) is 6.29 Å². The molecule has 1 amide bonds. The molecule has 5 nitrogen and oxygen atoms in total. The predicted molar refractivity (Wildman–Crippen MR) is 116 cm³/mol. The van der Waals surface area contributed by atoms with Crippen LogP contribution < -0.4 is 4.74 Å². The number of carbonyl (C=O) groups is 1. The number of carbonyl (C=O) groups excluding carboxylic acids is 1. The Hall–Kier alpha value is -2.37. The lowest BCUT2D eigenvalue weighted by Gasteiger charge is -2.24. The molecule has 30 heavy (non-hydrogen) atoms. The van der Waals surface area contributed by atoms with Gasteiger partial charge < -0.3 is 19.1 Å². The van der Waals surface area contributed by atoms with E-state index in [1.54, 1.807) is 0 Å². The maximum atomic E-state index is 11.2. The standard InChI is InChI=1S/C25H31NO4/c1-2-19-7-3-4-8-24(19)30-22-10-11-23(20-12-13-26(16-20)18-27)21(15-22)17-29-25-9-5-6-14-28-25/h3-4,7-8,10-11,15,18,20,25H,2,5-6,9,12-14,16-17H2,1H3. The van der Waals surface area contributed by atoms with Crippen LogP contribution in [0.1, 0.15) is 55.2 Å². The van der Waals surface area contributed by atoms with E-state index in [4.69, 9.17) is 14.2 Å². The lowest BCUT2D eigenvalue weighted by molar-refractivity contribution is -0.169. The summed E-state index contributed by atoms with van der Waals surface area (Å²) in [7, 11) is 0. The van der Waals surface area contributed by atoms with Crippen LogP contribution in [0.25, 0.3) is 0 Å². The molecule has 0 aliphatic carbocycles. The minimum Gasteiger partial charge on any atom is -0.457 e. The fourth-order valence-corrected chi connectivity index (χ4v) is 4.35. The smallest absolute Gasteiger partial charge is 0.209 e. The van der Waals surface area contributed by atoms with Crippen molar-refractivity contribution >= 4 is 6.41 Å². The molecule has 5 heteroatoms. The van der Waals surface area contributed by atoms with E-state index in [0.717, 1.165) is 75.3 Å². The Labute approximate surface area is 178 Å². The van der Waals surface area contributed by atoms with Crippen LogP contribution in [0.5, 0.6) is 11.5 Å². The molecule has 2 aliphatic heterocycles. The number of amides is 1. The van der Waals surface area contributed by atoms with Gasteiger partial charge in [0.1, 0.15) is 11.5 Å². The molecule has 0 aromatic heterocycles. The zero-order valence-corrected chi connectivity index (χ0v) is 17.7. The SMILES string of the molecule is CCc1ccccc1Oc1ccc(C2CCN(C=O)C2)c(COC2CCCCO2)c1. The van der Waals surface area contributed by atoms with Gasteiger partial charge in [-0.1, -0.05) is 31.2 Å². The van der Waals surface area contributed by atoms with Crippen molar-refractivity contribution in [2.24, 2.45) is 0 Å². The van der Waals surface area contributed by atoms with Gasteiger partial charge in [-0.3, -0.25) is 4.79 Å². The van der Waals surface area contributed by atoms with E-state index in [-0.39, 0.29) is 6.29 Å². The van der Waals surface area contributed by atoms with Crippen molar-refractivity contribution in [1.29, 1.82) is 0 Å². The summed E-state index contributed by atoms with van der Waals surface area (Å²) in [6.07, 6.45) is 5.91. The maximum absolute atomic E-state index is 11.2. The molecule has 2 aromatic carbocycles. The summed E-state index contributed by atoms with van der Waals surface area (Å²) in [6, 6.07) is 14.4. The highest BCUT2D eigenvalue weighted by Crippen LogP contribution is 2.34. The summed E-state index contributed by atoms with van der Waals surface area (Å²) in [5, 5.41) is 0. The highest BCUT2D eigenvalue weighted by Gasteiger charge is 2.25. The van der Waals surface area contributed by atoms with Crippen molar-refractivity contribution in [2.45, 2.75) is 57.8 Å². The Morgan fingerprint density at radius 2 is 2.03 bits per heavy atom. The average Bonchev–Trinajstić information content (AvgIpc) is 3.28. The number of benzene rings is 2. The molecule has 160 valence electrons. The van der Waals surface area contributed by atoms with E-state index in [1.807, 2.05) is 29.2 Å². The van der Waals surface area contributed by atoms with Gasteiger partial charge in [0.25, 0.3) is 0 Å². The topological polar surface area (TPSA) is 48.0 Å². The number of aryl methyl sites for hydroxylation is 1. The van der Waals surface area contributed by atoms with Crippen LogP contribution >= 0.6 is 0 Å². The molecule has 0 saturated carbocycles. The number of hydrogen-bond acceptors (Lipinski definition) is 4. The van der Waals surface area contributed by atoms with Gasteiger partial charge >= 0.3 is 0 Å². The summed E-state index contributed by atoms with van der Waals surface area (Å²) >= 11 is 0. The molecule has 2 atom stereocenters. The Morgan fingerprint density at radius 3 is 2.80 bits per heavy atom.